The first-order valence-electron chi connectivity index (χ1n) is 8.21. The fraction of sp³-hybridized carbons (Fsp3) is 0.278. The van der Waals surface area contributed by atoms with Crippen LogP contribution in [-0.2, 0) is 0 Å². The van der Waals surface area contributed by atoms with E-state index in [0.29, 0.717) is 17.9 Å². The second kappa shape index (κ2) is 7.31. The van der Waals surface area contributed by atoms with E-state index in [1.54, 1.807) is 18.5 Å². The molecule has 7 nitrogen and oxygen atoms in total. The molecule has 130 valence electrons. The molecule has 3 aromatic rings. The maximum absolute atomic E-state index is 10.3. The lowest BCUT2D eigenvalue weighted by Crippen LogP contribution is -2.35. The minimum absolute atomic E-state index is 0.0832. The van der Waals surface area contributed by atoms with Gasteiger partial charge in [0.05, 0.1) is 11.3 Å². The van der Waals surface area contributed by atoms with Crippen LogP contribution in [0.2, 0.25) is 0 Å². The Bertz CT molecular complexity index is 833. The molecule has 1 aromatic carbocycles. The van der Waals surface area contributed by atoms with Gasteiger partial charge in [-0.05, 0) is 36.8 Å². The Morgan fingerprint density at radius 1 is 1.28 bits per heavy atom. The minimum Gasteiger partial charge on any atom is -0.507 e. The molecule has 0 fully saturated rings. The van der Waals surface area contributed by atoms with Crippen LogP contribution < -0.4 is 10.6 Å². The van der Waals surface area contributed by atoms with Crippen LogP contribution in [0.1, 0.15) is 13.3 Å². The molecule has 0 aliphatic rings. The molecular formula is C18H22N6O. The number of benzene rings is 1. The number of nitrogens with zero attached hydrogens (tertiary/aromatic N) is 4. The van der Waals surface area contributed by atoms with Crippen molar-refractivity contribution in [1.29, 1.82) is 0 Å². The Labute approximate surface area is 146 Å². The maximum Gasteiger partial charge on any atom is 0.165 e. The summed E-state index contributed by atoms with van der Waals surface area (Å²) in [4.78, 5) is 10.9. The summed E-state index contributed by atoms with van der Waals surface area (Å²) in [5.41, 5.74) is 8.26. The average molecular weight is 338 g/mol. The first-order chi connectivity index (χ1) is 12.1. The second-order valence-electron chi connectivity index (χ2n) is 5.98. The third-order valence-corrected chi connectivity index (χ3v) is 4.10. The summed E-state index contributed by atoms with van der Waals surface area (Å²) >= 11 is 0. The van der Waals surface area contributed by atoms with Crippen molar-refractivity contribution in [1.82, 2.24) is 20.2 Å². The smallest absolute Gasteiger partial charge is 0.165 e. The van der Waals surface area contributed by atoms with Crippen LogP contribution in [0.4, 0.5) is 5.82 Å². The van der Waals surface area contributed by atoms with Gasteiger partial charge in [-0.2, -0.15) is 5.10 Å². The third kappa shape index (κ3) is 3.77. The predicted octanol–water partition coefficient (Wildman–Crippen LogP) is 2.41. The molecule has 0 saturated carbocycles. The monoisotopic (exact) mass is 338 g/mol. The van der Waals surface area contributed by atoms with Crippen molar-refractivity contribution in [3.8, 4) is 28.4 Å². The van der Waals surface area contributed by atoms with E-state index in [1.165, 1.54) is 0 Å². The first-order valence-corrected chi connectivity index (χ1v) is 8.21. The maximum atomic E-state index is 10.3. The number of H-pyrrole nitrogens is 1. The van der Waals surface area contributed by atoms with E-state index in [-0.39, 0.29) is 11.8 Å². The quantitative estimate of drug-likeness (QED) is 0.637. The number of aromatic nitrogens is 4. The van der Waals surface area contributed by atoms with Crippen molar-refractivity contribution in [3.05, 3.63) is 42.7 Å². The van der Waals surface area contributed by atoms with Crippen molar-refractivity contribution in [3.63, 3.8) is 0 Å². The minimum atomic E-state index is 0.0832. The highest BCUT2D eigenvalue weighted by atomic mass is 16.3. The molecule has 0 unspecified atom stereocenters. The number of nitrogens with one attached hydrogen (secondary N) is 1. The molecule has 0 aliphatic heterocycles. The van der Waals surface area contributed by atoms with Crippen molar-refractivity contribution in [2.45, 2.75) is 19.4 Å². The zero-order valence-electron chi connectivity index (χ0n) is 14.3. The van der Waals surface area contributed by atoms with Gasteiger partial charge < -0.3 is 15.7 Å². The van der Waals surface area contributed by atoms with E-state index >= 15 is 0 Å². The first kappa shape index (κ1) is 16.9. The Kier molecular flexibility index (Phi) is 4.95. The van der Waals surface area contributed by atoms with E-state index in [0.717, 1.165) is 23.5 Å². The highest BCUT2D eigenvalue weighted by molar-refractivity contribution is 5.73. The molecule has 0 amide bonds. The van der Waals surface area contributed by atoms with Crippen molar-refractivity contribution < 1.29 is 5.11 Å². The van der Waals surface area contributed by atoms with E-state index in [4.69, 9.17) is 5.73 Å². The van der Waals surface area contributed by atoms with Crippen molar-refractivity contribution in [2.75, 3.05) is 18.5 Å². The summed E-state index contributed by atoms with van der Waals surface area (Å²) in [6.07, 6.45) is 4.34. The fourth-order valence-corrected chi connectivity index (χ4v) is 2.56. The number of likely N-dealkylation sites (N-methyl/N-ethyl adjacent to an activating group) is 1. The molecule has 25 heavy (non-hydrogen) atoms. The Hall–Kier alpha value is -2.93. The molecule has 0 bridgehead atoms. The van der Waals surface area contributed by atoms with Crippen LogP contribution in [0.15, 0.2) is 42.7 Å². The average Bonchev–Trinajstić information content (AvgIpc) is 3.16. The van der Waals surface area contributed by atoms with Crippen LogP contribution in [-0.4, -0.2) is 44.9 Å². The summed E-state index contributed by atoms with van der Waals surface area (Å²) in [7, 11) is 1.95. The largest absolute Gasteiger partial charge is 0.507 e. The van der Waals surface area contributed by atoms with Gasteiger partial charge >= 0.3 is 0 Å². The number of anilines is 1. The number of hydrogen-bond donors (Lipinski definition) is 3. The van der Waals surface area contributed by atoms with Gasteiger partial charge in [0.1, 0.15) is 11.6 Å². The molecule has 2 aromatic heterocycles. The van der Waals surface area contributed by atoms with Crippen LogP contribution in [0.3, 0.4) is 0 Å². The molecule has 4 N–H and O–H groups in total. The molecule has 1 atom stereocenters. The molecule has 0 aliphatic carbocycles. The molecule has 7 heteroatoms. The number of phenolic OH excluding ortho intramolecular Hbond substituents is 1. The van der Waals surface area contributed by atoms with Gasteiger partial charge in [0.25, 0.3) is 0 Å². The lowest BCUT2D eigenvalue weighted by Gasteiger charge is -2.22. The molecule has 0 radical (unpaired) electrons. The highest BCUT2D eigenvalue weighted by Gasteiger charge is 2.13. The zero-order chi connectivity index (χ0) is 17.8. The third-order valence-electron chi connectivity index (χ3n) is 4.10. The topological polar surface area (TPSA) is 104 Å². The summed E-state index contributed by atoms with van der Waals surface area (Å²) < 4.78 is 0. The summed E-state index contributed by atoms with van der Waals surface area (Å²) in [5.74, 6) is 1.35. The van der Waals surface area contributed by atoms with E-state index in [9.17, 15) is 5.11 Å². The lowest BCUT2D eigenvalue weighted by molar-refractivity contribution is 0.477. The predicted molar refractivity (Wildman–Crippen MR) is 98.3 cm³/mol. The fourth-order valence-electron chi connectivity index (χ4n) is 2.56. The van der Waals surface area contributed by atoms with Crippen LogP contribution in [0, 0.1) is 0 Å². The van der Waals surface area contributed by atoms with Gasteiger partial charge in [0, 0.05) is 37.6 Å². The van der Waals surface area contributed by atoms with Gasteiger partial charge in [-0.3, -0.25) is 5.10 Å². The van der Waals surface area contributed by atoms with Gasteiger partial charge in [-0.1, -0.05) is 6.92 Å². The number of rotatable bonds is 6. The van der Waals surface area contributed by atoms with Gasteiger partial charge in [-0.25, -0.2) is 9.97 Å². The van der Waals surface area contributed by atoms with Crippen LogP contribution >= 0.6 is 0 Å². The Balaban J connectivity index is 1.94. The molecule has 0 saturated heterocycles. The van der Waals surface area contributed by atoms with E-state index in [2.05, 4.69) is 27.1 Å². The van der Waals surface area contributed by atoms with Crippen LogP contribution in [0.5, 0.6) is 5.75 Å². The standard InChI is InChI=1S/C18H22N6O/c1-3-13(19)11-24(2)17-7-8-20-18(22-17)14-10-12(4-5-16(14)25)15-6-9-21-23-15/h4-10,13,25H,3,11,19H2,1-2H3,(H,21,23)/t13-/m1/s1. The number of phenols is 1. The second-order valence-corrected chi connectivity index (χ2v) is 5.98. The van der Waals surface area contributed by atoms with Gasteiger partial charge in [0.15, 0.2) is 5.82 Å². The number of nitrogens with two attached hydrogens (primary N) is 1. The highest BCUT2D eigenvalue weighted by Crippen LogP contribution is 2.31. The SMILES string of the molecule is CC[C@@H](N)CN(C)c1ccnc(-c2cc(-c3cc[nH]n3)ccc2O)n1. The van der Waals surface area contributed by atoms with E-state index in [1.807, 2.05) is 36.2 Å². The summed E-state index contributed by atoms with van der Waals surface area (Å²) in [5, 5.41) is 17.2. The zero-order valence-corrected chi connectivity index (χ0v) is 14.3. The van der Waals surface area contributed by atoms with Crippen LogP contribution in [0.25, 0.3) is 22.6 Å². The van der Waals surface area contributed by atoms with Gasteiger partial charge in [-0.15, -0.1) is 0 Å². The molecule has 2 heterocycles. The van der Waals surface area contributed by atoms with E-state index < -0.39 is 0 Å². The summed E-state index contributed by atoms with van der Waals surface area (Å²) in [6.45, 7) is 2.76. The summed E-state index contributed by atoms with van der Waals surface area (Å²) in [6, 6.07) is 9.06. The van der Waals surface area contributed by atoms with Crippen molar-refractivity contribution in [2.24, 2.45) is 5.73 Å². The number of aromatic hydroxyl groups is 1. The normalized spacial score (nSPS) is 12.1. The Morgan fingerprint density at radius 3 is 2.84 bits per heavy atom. The molecular weight excluding hydrogens is 316 g/mol. The van der Waals surface area contributed by atoms with Crippen molar-refractivity contribution >= 4 is 5.82 Å². The number of hydrogen-bond acceptors (Lipinski definition) is 6. The molecule has 0 spiro atoms. The lowest BCUT2D eigenvalue weighted by atomic mass is 10.1. The molecule has 3 rings (SSSR count). The van der Waals surface area contributed by atoms with Gasteiger partial charge in [0.2, 0.25) is 0 Å². The Morgan fingerprint density at radius 2 is 2.12 bits per heavy atom. The number of aromatic amines is 1.